The third-order valence-corrected chi connectivity index (χ3v) is 7.03. The monoisotopic (exact) mass is 450 g/mol. The van der Waals surface area contributed by atoms with Gasteiger partial charge in [-0.05, 0) is 42.7 Å². The van der Waals surface area contributed by atoms with Crippen molar-refractivity contribution in [2.45, 2.75) is 43.2 Å². The van der Waals surface area contributed by atoms with Gasteiger partial charge in [0.15, 0.2) is 0 Å². The molecular formula is C20H23BrN2O3S. The van der Waals surface area contributed by atoms with Crippen LogP contribution in [0, 0.1) is 0 Å². The molecular weight excluding hydrogens is 428 g/mol. The van der Waals surface area contributed by atoms with Gasteiger partial charge in [-0.3, -0.25) is 4.79 Å². The van der Waals surface area contributed by atoms with Crippen molar-refractivity contribution in [2.75, 3.05) is 6.54 Å². The fourth-order valence-corrected chi connectivity index (χ4v) is 4.93. The highest BCUT2D eigenvalue weighted by atomic mass is 79.9. The molecule has 0 spiro atoms. The van der Waals surface area contributed by atoms with Crippen LogP contribution in [0.25, 0.3) is 0 Å². The van der Waals surface area contributed by atoms with Crippen LogP contribution in [0.4, 0.5) is 0 Å². The van der Waals surface area contributed by atoms with E-state index in [9.17, 15) is 13.2 Å². The predicted octanol–water partition coefficient (Wildman–Crippen LogP) is 3.70. The molecule has 0 aromatic heterocycles. The van der Waals surface area contributed by atoms with Crippen LogP contribution in [0.2, 0.25) is 0 Å². The topological polar surface area (TPSA) is 66.5 Å². The van der Waals surface area contributed by atoms with E-state index in [0.29, 0.717) is 0 Å². The first-order valence-corrected chi connectivity index (χ1v) is 11.3. The Hall–Kier alpha value is -1.70. The average Bonchev–Trinajstić information content (AvgIpc) is 3.16. The van der Waals surface area contributed by atoms with Crippen LogP contribution in [0.1, 0.15) is 31.2 Å². The van der Waals surface area contributed by atoms with Crippen LogP contribution in [-0.4, -0.2) is 31.2 Å². The lowest BCUT2D eigenvalue weighted by atomic mass is 10.2. The number of halogens is 1. The fourth-order valence-electron chi connectivity index (χ4n) is 3.26. The summed E-state index contributed by atoms with van der Waals surface area (Å²) in [5, 5.41) is 2.98. The Morgan fingerprint density at radius 1 is 1.04 bits per heavy atom. The minimum atomic E-state index is -3.78. The summed E-state index contributed by atoms with van der Waals surface area (Å²) in [6.45, 7) is -0.0492. The standard InChI is InChI=1S/C20H23BrN2O3S/c21-17-12-10-16(11-13-17)14-23(15-20(24)22-18-6-4-5-7-18)27(25,26)19-8-2-1-3-9-19/h1-3,8-13,18H,4-7,14-15H2,(H,22,24). The number of nitrogens with one attached hydrogen (secondary N) is 1. The van der Waals surface area contributed by atoms with Crippen molar-refractivity contribution in [1.29, 1.82) is 0 Å². The lowest BCUT2D eigenvalue weighted by molar-refractivity contribution is -0.122. The number of carbonyl (C=O) groups is 1. The maximum atomic E-state index is 13.1. The molecule has 2 aromatic rings. The molecule has 0 saturated heterocycles. The Labute approximate surface area is 169 Å². The van der Waals surface area contributed by atoms with E-state index >= 15 is 0 Å². The molecule has 7 heteroatoms. The first kappa shape index (κ1) is 20.0. The van der Waals surface area contributed by atoms with Crippen LogP contribution >= 0.6 is 15.9 Å². The third-order valence-electron chi connectivity index (χ3n) is 4.69. The second-order valence-electron chi connectivity index (χ2n) is 6.76. The maximum absolute atomic E-state index is 13.1. The van der Waals surface area contributed by atoms with E-state index in [-0.39, 0.29) is 29.9 Å². The lowest BCUT2D eigenvalue weighted by Gasteiger charge is -2.23. The molecule has 1 amide bonds. The molecule has 1 aliphatic carbocycles. The van der Waals surface area contributed by atoms with Gasteiger partial charge in [0.2, 0.25) is 15.9 Å². The first-order valence-electron chi connectivity index (χ1n) is 9.04. The number of hydrogen-bond acceptors (Lipinski definition) is 3. The smallest absolute Gasteiger partial charge is 0.243 e. The second-order valence-corrected chi connectivity index (χ2v) is 9.62. The highest BCUT2D eigenvalue weighted by Crippen LogP contribution is 2.20. The zero-order valence-corrected chi connectivity index (χ0v) is 17.4. The summed E-state index contributed by atoms with van der Waals surface area (Å²) in [5.74, 6) is -0.251. The number of sulfonamides is 1. The number of nitrogens with zero attached hydrogens (tertiary/aromatic N) is 1. The Morgan fingerprint density at radius 2 is 1.67 bits per heavy atom. The Morgan fingerprint density at radius 3 is 2.30 bits per heavy atom. The van der Waals surface area contributed by atoms with Gasteiger partial charge >= 0.3 is 0 Å². The number of carbonyl (C=O) groups excluding carboxylic acids is 1. The van der Waals surface area contributed by atoms with E-state index in [1.165, 1.54) is 4.31 Å². The van der Waals surface area contributed by atoms with Gasteiger partial charge in [0.25, 0.3) is 0 Å². The molecule has 0 unspecified atom stereocenters. The fraction of sp³-hybridized carbons (Fsp3) is 0.350. The summed E-state index contributed by atoms with van der Waals surface area (Å²) in [7, 11) is -3.78. The molecule has 144 valence electrons. The largest absolute Gasteiger partial charge is 0.352 e. The van der Waals surface area contributed by atoms with Gasteiger partial charge < -0.3 is 5.32 Å². The molecule has 1 aliphatic rings. The molecule has 27 heavy (non-hydrogen) atoms. The molecule has 0 aliphatic heterocycles. The molecule has 1 saturated carbocycles. The van der Waals surface area contributed by atoms with Crippen molar-refractivity contribution >= 4 is 31.9 Å². The van der Waals surface area contributed by atoms with Crippen molar-refractivity contribution in [1.82, 2.24) is 9.62 Å². The van der Waals surface area contributed by atoms with Gasteiger partial charge in [-0.15, -0.1) is 0 Å². The highest BCUT2D eigenvalue weighted by molar-refractivity contribution is 9.10. The maximum Gasteiger partial charge on any atom is 0.243 e. The van der Waals surface area contributed by atoms with Gasteiger partial charge in [-0.2, -0.15) is 4.31 Å². The Balaban J connectivity index is 1.81. The van der Waals surface area contributed by atoms with Crippen LogP contribution in [-0.2, 0) is 21.4 Å². The predicted molar refractivity (Wildman–Crippen MR) is 109 cm³/mol. The number of rotatable bonds is 7. The summed E-state index contributed by atoms with van der Waals surface area (Å²) < 4.78 is 28.4. The summed E-state index contributed by atoms with van der Waals surface area (Å²) in [5.41, 5.74) is 0.825. The van der Waals surface area contributed by atoms with E-state index in [1.54, 1.807) is 30.3 Å². The normalized spacial score (nSPS) is 15.2. The lowest BCUT2D eigenvalue weighted by Crippen LogP contribution is -2.43. The van der Waals surface area contributed by atoms with Crippen molar-refractivity contribution in [3.8, 4) is 0 Å². The summed E-state index contributed by atoms with van der Waals surface area (Å²) in [4.78, 5) is 12.7. The number of hydrogen-bond donors (Lipinski definition) is 1. The van der Waals surface area contributed by atoms with E-state index < -0.39 is 10.0 Å². The molecule has 0 heterocycles. The van der Waals surface area contributed by atoms with Gasteiger partial charge in [-0.1, -0.05) is 59.1 Å². The van der Waals surface area contributed by atoms with Gasteiger partial charge in [-0.25, -0.2) is 8.42 Å². The van der Waals surface area contributed by atoms with Crippen molar-refractivity contribution in [3.05, 3.63) is 64.6 Å². The molecule has 2 aromatic carbocycles. The van der Waals surface area contributed by atoms with E-state index in [2.05, 4.69) is 21.2 Å². The Bertz CT molecular complexity index is 864. The molecule has 5 nitrogen and oxygen atoms in total. The van der Waals surface area contributed by atoms with Crippen LogP contribution < -0.4 is 5.32 Å². The van der Waals surface area contributed by atoms with Crippen molar-refractivity contribution in [3.63, 3.8) is 0 Å². The Kier molecular flexibility index (Phi) is 6.68. The van der Waals surface area contributed by atoms with Crippen molar-refractivity contribution in [2.24, 2.45) is 0 Å². The molecule has 0 bridgehead atoms. The van der Waals surface area contributed by atoms with Crippen LogP contribution in [0.5, 0.6) is 0 Å². The first-order chi connectivity index (χ1) is 12.9. The minimum absolute atomic E-state index is 0.141. The quantitative estimate of drug-likeness (QED) is 0.698. The minimum Gasteiger partial charge on any atom is -0.352 e. The number of amides is 1. The van der Waals surface area contributed by atoms with E-state index in [1.807, 2.05) is 24.3 Å². The van der Waals surface area contributed by atoms with E-state index in [4.69, 9.17) is 0 Å². The molecule has 1 fully saturated rings. The van der Waals surface area contributed by atoms with Gasteiger partial charge in [0, 0.05) is 17.1 Å². The highest BCUT2D eigenvalue weighted by Gasteiger charge is 2.28. The molecule has 1 N–H and O–H groups in total. The zero-order chi connectivity index (χ0) is 19.3. The SMILES string of the molecule is O=C(CN(Cc1ccc(Br)cc1)S(=O)(=O)c1ccccc1)NC1CCCC1. The van der Waals surface area contributed by atoms with Gasteiger partial charge in [0.1, 0.15) is 0 Å². The summed E-state index contributed by atoms with van der Waals surface area (Å²) in [6, 6.07) is 15.8. The van der Waals surface area contributed by atoms with E-state index in [0.717, 1.165) is 35.7 Å². The number of benzene rings is 2. The molecule has 3 rings (SSSR count). The zero-order valence-electron chi connectivity index (χ0n) is 15.0. The molecule has 0 atom stereocenters. The molecule has 0 radical (unpaired) electrons. The van der Waals surface area contributed by atoms with Crippen molar-refractivity contribution < 1.29 is 13.2 Å². The average molecular weight is 451 g/mol. The van der Waals surface area contributed by atoms with Gasteiger partial charge in [0.05, 0.1) is 11.4 Å². The summed E-state index contributed by atoms with van der Waals surface area (Å²) >= 11 is 3.38. The summed E-state index contributed by atoms with van der Waals surface area (Å²) in [6.07, 6.45) is 4.14. The van der Waals surface area contributed by atoms with Crippen LogP contribution in [0.3, 0.4) is 0 Å². The second kappa shape index (κ2) is 8.99. The third kappa shape index (κ3) is 5.40. The van der Waals surface area contributed by atoms with Crippen LogP contribution in [0.15, 0.2) is 64.0 Å².